The number of allylic oxidation sites excluding steroid dienone is 1. The average Bonchev–Trinajstić information content (AvgIpc) is 2.18. The monoisotopic (exact) mass is 221 g/mol. The van der Waals surface area contributed by atoms with Crippen molar-refractivity contribution in [2.75, 3.05) is 14.1 Å². The van der Waals surface area contributed by atoms with Crippen LogP contribution in [0.1, 0.15) is 11.1 Å². The standard InChI is InChI=1S/C12H15NOS/c1-13(2)8-12-7-10-5-3-4-6-11(10)9-15(12)14/h3-6,8H,7,9H2,1-2H3. The second-order valence-electron chi connectivity index (χ2n) is 3.99. The lowest BCUT2D eigenvalue weighted by Crippen LogP contribution is -2.14. The van der Waals surface area contributed by atoms with Crippen LogP contribution in [0, 0.1) is 0 Å². The molecule has 0 radical (unpaired) electrons. The fourth-order valence-electron chi connectivity index (χ4n) is 1.77. The molecule has 0 saturated heterocycles. The van der Waals surface area contributed by atoms with Gasteiger partial charge in [0.1, 0.15) is 0 Å². The minimum atomic E-state index is -0.840. The van der Waals surface area contributed by atoms with Gasteiger partial charge in [-0.3, -0.25) is 4.21 Å². The van der Waals surface area contributed by atoms with Crippen molar-refractivity contribution in [3.05, 3.63) is 46.5 Å². The summed E-state index contributed by atoms with van der Waals surface area (Å²) in [6.07, 6.45) is 2.80. The predicted molar refractivity (Wildman–Crippen MR) is 63.8 cm³/mol. The minimum Gasteiger partial charge on any atom is -0.383 e. The van der Waals surface area contributed by atoms with E-state index in [0.717, 1.165) is 11.3 Å². The van der Waals surface area contributed by atoms with Gasteiger partial charge in [-0.05, 0) is 11.1 Å². The van der Waals surface area contributed by atoms with Crippen molar-refractivity contribution in [1.29, 1.82) is 0 Å². The number of hydrogen-bond acceptors (Lipinski definition) is 2. The first-order chi connectivity index (χ1) is 7.16. The van der Waals surface area contributed by atoms with Crippen molar-refractivity contribution in [3.63, 3.8) is 0 Å². The first-order valence-electron chi connectivity index (χ1n) is 4.99. The number of fused-ring (bicyclic) bond motifs is 1. The van der Waals surface area contributed by atoms with Crippen LogP contribution in [0.15, 0.2) is 35.4 Å². The van der Waals surface area contributed by atoms with E-state index < -0.39 is 10.8 Å². The molecular formula is C12H15NOS. The molecule has 2 rings (SSSR count). The van der Waals surface area contributed by atoms with E-state index in [4.69, 9.17) is 0 Å². The van der Waals surface area contributed by atoms with Gasteiger partial charge < -0.3 is 4.90 Å². The lowest BCUT2D eigenvalue weighted by molar-refractivity contribution is 0.559. The van der Waals surface area contributed by atoms with Crippen molar-refractivity contribution >= 4 is 10.8 Å². The van der Waals surface area contributed by atoms with E-state index in [2.05, 4.69) is 12.1 Å². The van der Waals surface area contributed by atoms with E-state index in [-0.39, 0.29) is 0 Å². The minimum absolute atomic E-state index is 0.663. The Balaban J connectivity index is 2.34. The zero-order chi connectivity index (χ0) is 10.8. The Hall–Kier alpha value is -1.09. The summed E-state index contributed by atoms with van der Waals surface area (Å²) in [6, 6.07) is 8.24. The maximum atomic E-state index is 11.9. The molecule has 0 aromatic heterocycles. The highest BCUT2D eigenvalue weighted by Gasteiger charge is 2.18. The lowest BCUT2D eigenvalue weighted by atomic mass is 10.1. The molecule has 80 valence electrons. The van der Waals surface area contributed by atoms with Gasteiger partial charge in [-0.25, -0.2) is 0 Å². The Morgan fingerprint density at radius 3 is 2.60 bits per heavy atom. The molecule has 0 fully saturated rings. The second-order valence-corrected chi connectivity index (χ2v) is 5.50. The molecule has 1 atom stereocenters. The van der Waals surface area contributed by atoms with Crippen LogP contribution in [0.4, 0.5) is 0 Å². The van der Waals surface area contributed by atoms with Crippen molar-refractivity contribution in [2.24, 2.45) is 0 Å². The summed E-state index contributed by atoms with van der Waals surface area (Å²) in [5, 5.41) is 0. The van der Waals surface area contributed by atoms with E-state index in [1.54, 1.807) is 0 Å². The molecule has 1 aliphatic rings. The largest absolute Gasteiger partial charge is 0.383 e. The topological polar surface area (TPSA) is 20.3 Å². The lowest BCUT2D eigenvalue weighted by Gasteiger charge is -2.19. The molecule has 1 aromatic rings. The number of nitrogens with zero attached hydrogens (tertiary/aromatic N) is 1. The van der Waals surface area contributed by atoms with E-state index in [1.165, 1.54) is 11.1 Å². The molecule has 0 bridgehead atoms. The quantitative estimate of drug-likeness (QED) is 0.722. The van der Waals surface area contributed by atoms with Crippen LogP contribution < -0.4 is 0 Å². The van der Waals surface area contributed by atoms with E-state index in [1.807, 2.05) is 37.3 Å². The molecule has 0 saturated carbocycles. The fraction of sp³-hybridized carbons (Fsp3) is 0.333. The van der Waals surface area contributed by atoms with Crippen LogP contribution in [0.5, 0.6) is 0 Å². The number of hydrogen-bond donors (Lipinski definition) is 0. The van der Waals surface area contributed by atoms with Gasteiger partial charge in [0.05, 0.1) is 16.6 Å². The van der Waals surface area contributed by atoms with Gasteiger partial charge in [0.2, 0.25) is 0 Å². The highest BCUT2D eigenvalue weighted by molar-refractivity contribution is 7.88. The molecule has 1 heterocycles. The maximum Gasteiger partial charge on any atom is 0.0551 e. The fourth-order valence-corrected chi connectivity index (χ4v) is 3.16. The third-order valence-electron chi connectivity index (χ3n) is 2.46. The molecule has 1 aromatic carbocycles. The van der Waals surface area contributed by atoms with Gasteiger partial charge in [-0.1, -0.05) is 24.3 Å². The van der Waals surface area contributed by atoms with Gasteiger partial charge in [0.25, 0.3) is 0 Å². The molecule has 0 amide bonds. The Morgan fingerprint density at radius 2 is 1.93 bits per heavy atom. The Labute approximate surface area is 93.1 Å². The Kier molecular flexibility index (Phi) is 2.91. The SMILES string of the molecule is CN(C)C=C1Cc2ccccc2CS1=O. The summed E-state index contributed by atoms with van der Waals surface area (Å²) in [4.78, 5) is 2.99. The van der Waals surface area contributed by atoms with Gasteiger partial charge in [-0.15, -0.1) is 0 Å². The van der Waals surface area contributed by atoms with Gasteiger partial charge in [-0.2, -0.15) is 0 Å². The summed E-state index contributed by atoms with van der Waals surface area (Å²) in [5.74, 6) is 0.663. The molecule has 1 unspecified atom stereocenters. The maximum absolute atomic E-state index is 11.9. The van der Waals surface area contributed by atoms with Crippen LogP contribution in [-0.4, -0.2) is 23.2 Å². The van der Waals surface area contributed by atoms with Crippen molar-refractivity contribution in [3.8, 4) is 0 Å². The first kappa shape index (κ1) is 10.4. The van der Waals surface area contributed by atoms with Crippen LogP contribution in [0.25, 0.3) is 0 Å². The predicted octanol–water partition coefficient (Wildman–Crippen LogP) is 1.89. The Bertz CT molecular complexity index is 423. The van der Waals surface area contributed by atoms with E-state index >= 15 is 0 Å². The van der Waals surface area contributed by atoms with Crippen molar-refractivity contribution in [2.45, 2.75) is 12.2 Å². The molecule has 0 N–H and O–H groups in total. The zero-order valence-corrected chi connectivity index (χ0v) is 9.88. The zero-order valence-electron chi connectivity index (χ0n) is 9.06. The molecule has 1 aliphatic heterocycles. The molecule has 15 heavy (non-hydrogen) atoms. The second kappa shape index (κ2) is 4.19. The smallest absolute Gasteiger partial charge is 0.0551 e. The van der Waals surface area contributed by atoms with Gasteiger partial charge in [0.15, 0.2) is 0 Å². The van der Waals surface area contributed by atoms with E-state index in [9.17, 15) is 4.21 Å². The van der Waals surface area contributed by atoms with Crippen LogP contribution >= 0.6 is 0 Å². The average molecular weight is 221 g/mol. The third-order valence-corrected chi connectivity index (χ3v) is 3.87. The summed E-state index contributed by atoms with van der Waals surface area (Å²) in [6.45, 7) is 0. The van der Waals surface area contributed by atoms with Gasteiger partial charge >= 0.3 is 0 Å². The van der Waals surface area contributed by atoms with Crippen molar-refractivity contribution < 1.29 is 4.21 Å². The Morgan fingerprint density at radius 1 is 1.27 bits per heavy atom. The van der Waals surface area contributed by atoms with Crippen LogP contribution in [-0.2, 0) is 23.0 Å². The van der Waals surface area contributed by atoms with E-state index in [0.29, 0.717) is 5.75 Å². The summed E-state index contributed by atoms with van der Waals surface area (Å²) >= 11 is 0. The highest BCUT2D eigenvalue weighted by Crippen LogP contribution is 2.25. The normalized spacial score (nSPS) is 22.5. The summed E-state index contributed by atoms with van der Waals surface area (Å²) < 4.78 is 11.9. The number of benzene rings is 1. The summed E-state index contributed by atoms with van der Waals surface area (Å²) in [7, 11) is 3.09. The van der Waals surface area contributed by atoms with Crippen molar-refractivity contribution in [1.82, 2.24) is 4.90 Å². The molecule has 2 nitrogen and oxygen atoms in total. The first-order valence-corrected chi connectivity index (χ1v) is 6.31. The molecular weight excluding hydrogens is 206 g/mol. The van der Waals surface area contributed by atoms with Crippen LogP contribution in [0.3, 0.4) is 0 Å². The molecule has 0 aliphatic carbocycles. The molecule has 3 heteroatoms. The molecule has 0 spiro atoms. The third kappa shape index (κ3) is 2.29. The van der Waals surface area contributed by atoms with Crippen LogP contribution in [0.2, 0.25) is 0 Å². The number of rotatable bonds is 1. The summed E-state index contributed by atoms with van der Waals surface area (Å²) in [5.41, 5.74) is 2.54. The van der Waals surface area contributed by atoms with Gasteiger partial charge in [0, 0.05) is 31.6 Å². The highest BCUT2D eigenvalue weighted by atomic mass is 32.2.